The van der Waals surface area contributed by atoms with Crippen molar-refractivity contribution in [3.63, 3.8) is 0 Å². The first-order valence-electron chi connectivity index (χ1n) is 6.13. The molecule has 1 aromatic rings. The van der Waals surface area contributed by atoms with Crippen molar-refractivity contribution in [3.8, 4) is 0 Å². The van der Waals surface area contributed by atoms with Crippen LogP contribution >= 0.6 is 0 Å². The summed E-state index contributed by atoms with van der Waals surface area (Å²) in [7, 11) is -4.04. The molecule has 1 rings (SSSR count). The zero-order valence-electron chi connectivity index (χ0n) is 11.9. The summed E-state index contributed by atoms with van der Waals surface area (Å²) < 4.78 is 63.4. The van der Waals surface area contributed by atoms with Gasteiger partial charge in [-0.15, -0.1) is 0 Å². The number of sulfonamides is 1. The van der Waals surface area contributed by atoms with Crippen molar-refractivity contribution in [3.05, 3.63) is 23.3 Å². The molecule has 0 fully saturated rings. The number of nitrogens with two attached hydrogens (primary N) is 1. The van der Waals surface area contributed by atoms with Crippen LogP contribution in [0.15, 0.2) is 17.0 Å². The summed E-state index contributed by atoms with van der Waals surface area (Å²) in [6.45, 7) is 4.28. The van der Waals surface area contributed by atoms with E-state index in [0.717, 1.165) is 0 Å². The van der Waals surface area contributed by atoms with Gasteiger partial charge >= 0.3 is 6.18 Å². The third kappa shape index (κ3) is 4.87. The molecule has 0 aromatic heterocycles. The van der Waals surface area contributed by atoms with Crippen molar-refractivity contribution in [2.45, 2.75) is 44.3 Å². The number of aryl methyl sites for hydroxylation is 2. The molecule has 0 aliphatic heterocycles. The normalized spacial score (nSPS) is 14.0. The molecule has 1 unspecified atom stereocenters. The molecule has 120 valence electrons. The van der Waals surface area contributed by atoms with Crippen LogP contribution in [0.2, 0.25) is 0 Å². The Balaban J connectivity index is 3.09. The zero-order valence-corrected chi connectivity index (χ0v) is 12.7. The Hall–Kier alpha value is -1.32. The van der Waals surface area contributed by atoms with Gasteiger partial charge in [0.25, 0.3) is 0 Å². The van der Waals surface area contributed by atoms with Gasteiger partial charge < -0.3 is 5.43 Å². The molecule has 0 saturated heterocycles. The molecule has 0 amide bonds. The van der Waals surface area contributed by atoms with E-state index in [1.807, 2.05) is 4.72 Å². The number of hydrogen-bond acceptors (Lipinski definition) is 4. The Morgan fingerprint density at radius 1 is 1.24 bits per heavy atom. The third-order valence-corrected chi connectivity index (χ3v) is 4.68. The number of alkyl halides is 3. The van der Waals surface area contributed by atoms with Crippen molar-refractivity contribution >= 4 is 15.7 Å². The molecular weight excluding hydrogens is 307 g/mol. The second kappa shape index (κ2) is 6.20. The van der Waals surface area contributed by atoms with E-state index < -0.39 is 28.7 Å². The zero-order chi connectivity index (χ0) is 16.4. The monoisotopic (exact) mass is 325 g/mol. The van der Waals surface area contributed by atoms with Crippen molar-refractivity contribution in [2.24, 2.45) is 5.84 Å². The van der Waals surface area contributed by atoms with Gasteiger partial charge in [-0.2, -0.15) is 13.2 Å². The molecule has 21 heavy (non-hydrogen) atoms. The molecule has 0 saturated carbocycles. The van der Waals surface area contributed by atoms with E-state index in [4.69, 9.17) is 5.84 Å². The van der Waals surface area contributed by atoms with Crippen LogP contribution in [0.25, 0.3) is 0 Å². The molecule has 5 nitrogen and oxygen atoms in total. The van der Waals surface area contributed by atoms with Crippen molar-refractivity contribution < 1.29 is 21.6 Å². The topological polar surface area (TPSA) is 84.2 Å². The third-order valence-electron chi connectivity index (χ3n) is 2.79. The summed E-state index contributed by atoms with van der Waals surface area (Å²) in [5, 5.41) is 0. The number of anilines is 1. The predicted octanol–water partition coefficient (Wildman–Crippen LogP) is 2.21. The minimum absolute atomic E-state index is 0.0319. The van der Waals surface area contributed by atoms with Gasteiger partial charge in [-0.1, -0.05) is 0 Å². The number of hydrazine groups is 1. The molecule has 0 spiro atoms. The Bertz CT molecular complexity index is 592. The lowest BCUT2D eigenvalue weighted by Gasteiger charge is -2.18. The largest absolute Gasteiger partial charge is 0.390 e. The lowest BCUT2D eigenvalue weighted by atomic mass is 10.1. The van der Waals surface area contributed by atoms with Crippen LogP contribution in [-0.4, -0.2) is 20.6 Å². The average molecular weight is 325 g/mol. The highest BCUT2D eigenvalue weighted by atomic mass is 32.2. The maximum absolute atomic E-state index is 12.3. The quantitative estimate of drug-likeness (QED) is 0.572. The number of benzene rings is 1. The molecule has 0 bridgehead atoms. The van der Waals surface area contributed by atoms with Gasteiger partial charge in [-0.25, -0.2) is 13.1 Å². The molecule has 1 aromatic carbocycles. The summed E-state index contributed by atoms with van der Waals surface area (Å²) in [6, 6.07) is 1.77. The first-order valence-corrected chi connectivity index (χ1v) is 7.61. The second-order valence-electron chi connectivity index (χ2n) is 4.93. The van der Waals surface area contributed by atoms with E-state index in [2.05, 4.69) is 5.43 Å². The van der Waals surface area contributed by atoms with Crippen molar-refractivity contribution in [2.75, 3.05) is 5.43 Å². The van der Waals surface area contributed by atoms with Gasteiger partial charge in [0.05, 0.1) is 11.3 Å². The summed E-state index contributed by atoms with van der Waals surface area (Å²) in [6.07, 6.45) is -5.66. The fourth-order valence-corrected chi connectivity index (χ4v) is 3.87. The van der Waals surface area contributed by atoms with Gasteiger partial charge in [0, 0.05) is 11.7 Å². The summed E-state index contributed by atoms with van der Waals surface area (Å²) in [5.74, 6) is 5.26. The second-order valence-corrected chi connectivity index (χ2v) is 6.58. The molecule has 0 heterocycles. The maximum Gasteiger partial charge on any atom is 0.390 e. The van der Waals surface area contributed by atoms with Crippen molar-refractivity contribution in [1.82, 2.24) is 4.72 Å². The highest BCUT2D eigenvalue weighted by Crippen LogP contribution is 2.26. The van der Waals surface area contributed by atoms with E-state index in [9.17, 15) is 21.6 Å². The fraction of sp³-hybridized carbons (Fsp3) is 0.500. The van der Waals surface area contributed by atoms with E-state index >= 15 is 0 Å². The first kappa shape index (κ1) is 17.7. The molecule has 0 aliphatic rings. The van der Waals surface area contributed by atoms with Crippen LogP contribution in [-0.2, 0) is 10.0 Å². The van der Waals surface area contributed by atoms with E-state index in [1.54, 1.807) is 13.8 Å². The molecule has 0 radical (unpaired) electrons. The number of nitrogens with one attached hydrogen (secondary N) is 2. The Morgan fingerprint density at radius 3 is 2.10 bits per heavy atom. The first-order chi connectivity index (χ1) is 9.46. The highest BCUT2D eigenvalue weighted by molar-refractivity contribution is 7.89. The van der Waals surface area contributed by atoms with Gasteiger partial charge in [0.1, 0.15) is 0 Å². The molecule has 1 atom stereocenters. The van der Waals surface area contributed by atoms with Crippen LogP contribution in [0.1, 0.15) is 24.5 Å². The predicted molar refractivity (Wildman–Crippen MR) is 74.2 cm³/mol. The van der Waals surface area contributed by atoms with Gasteiger partial charge in [-0.3, -0.25) is 5.84 Å². The fourth-order valence-electron chi connectivity index (χ4n) is 2.17. The molecule has 9 heteroatoms. The smallest absolute Gasteiger partial charge is 0.324 e. The maximum atomic E-state index is 12.3. The number of halogens is 3. The summed E-state index contributed by atoms with van der Waals surface area (Å²) in [4.78, 5) is -0.0319. The Kier molecular flexibility index (Phi) is 5.24. The van der Waals surface area contributed by atoms with Crippen LogP contribution in [0.4, 0.5) is 18.9 Å². The minimum Gasteiger partial charge on any atom is -0.324 e. The number of rotatable bonds is 5. The number of nitrogen functional groups attached to an aromatic ring is 1. The van der Waals surface area contributed by atoms with E-state index in [-0.39, 0.29) is 4.90 Å². The van der Waals surface area contributed by atoms with E-state index in [0.29, 0.717) is 16.8 Å². The Morgan fingerprint density at radius 2 is 1.71 bits per heavy atom. The molecule has 0 aliphatic carbocycles. The molecule has 4 N–H and O–H groups in total. The van der Waals surface area contributed by atoms with Crippen LogP contribution in [0.5, 0.6) is 0 Å². The molecular formula is C12H18F3N3O2S. The SMILES string of the molecule is Cc1cc(NN)cc(C)c1S(=O)(=O)NC(C)CC(F)(F)F. The van der Waals surface area contributed by atoms with Crippen molar-refractivity contribution in [1.29, 1.82) is 0 Å². The van der Waals surface area contributed by atoms with E-state index in [1.165, 1.54) is 19.1 Å². The van der Waals surface area contributed by atoms with Gasteiger partial charge in [0.15, 0.2) is 0 Å². The standard InChI is InChI=1S/C12H18F3N3O2S/c1-7-4-10(17-16)5-8(2)11(7)21(19,20)18-9(3)6-12(13,14)15/h4-5,9,17-18H,6,16H2,1-3H3. The average Bonchev–Trinajstić information content (AvgIpc) is 2.23. The lowest BCUT2D eigenvalue weighted by Crippen LogP contribution is -2.36. The van der Waals surface area contributed by atoms with Gasteiger partial charge in [0.2, 0.25) is 10.0 Å². The minimum atomic E-state index is -4.43. The summed E-state index contributed by atoms with van der Waals surface area (Å²) >= 11 is 0. The Labute approximate surface area is 121 Å². The van der Waals surface area contributed by atoms with Gasteiger partial charge in [-0.05, 0) is 44.0 Å². The van der Waals surface area contributed by atoms with Crippen LogP contribution in [0, 0.1) is 13.8 Å². The van der Waals surface area contributed by atoms with Crippen LogP contribution in [0.3, 0.4) is 0 Å². The summed E-state index contributed by atoms with van der Waals surface area (Å²) in [5.41, 5.74) is 3.71. The van der Waals surface area contributed by atoms with Crippen LogP contribution < -0.4 is 16.0 Å². The highest BCUT2D eigenvalue weighted by Gasteiger charge is 2.32. The number of hydrogen-bond donors (Lipinski definition) is 3. The lowest BCUT2D eigenvalue weighted by molar-refractivity contribution is -0.137.